The van der Waals surface area contributed by atoms with Crippen molar-refractivity contribution in [2.45, 2.75) is 25.7 Å². The number of fused-ring (bicyclic) bond motifs is 1. The van der Waals surface area contributed by atoms with Crippen molar-refractivity contribution in [3.8, 4) is 12.3 Å². The second-order valence-electron chi connectivity index (χ2n) is 4.05. The SMILES string of the molecule is C#CCCCCc1cccc2ccccc12. The summed E-state index contributed by atoms with van der Waals surface area (Å²) in [5, 5.41) is 2.71. The molecule has 2 aromatic rings. The Labute approximate surface area is 97.3 Å². The van der Waals surface area contributed by atoms with Gasteiger partial charge in [-0.15, -0.1) is 12.3 Å². The number of aryl methyl sites for hydroxylation is 1. The van der Waals surface area contributed by atoms with Crippen LogP contribution in [0, 0.1) is 12.3 Å². The smallest absolute Gasteiger partial charge is 0.00861 e. The number of terminal acetylenes is 1. The van der Waals surface area contributed by atoms with E-state index in [4.69, 9.17) is 6.42 Å². The molecular formula is C16H16. The molecule has 0 heterocycles. The minimum atomic E-state index is 0.894. The van der Waals surface area contributed by atoms with Crippen LogP contribution in [0.15, 0.2) is 42.5 Å². The fraction of sp³-hybridized carbons (Fsp3) is 0.250. The van der Waals surface area contributed by atoms with E-state index in [2.05, 4.69) is 48.4 Å². The van der Waals surface area contributed by atoms with E-state index in [-0.39, 0.29) is 0 Å². The number of unbranched alkanes of at least 4 members (excludes halogenated alkanes) is 2. The van der Waals surface area contributed by atoms with Crippen LogP contribution in [0.2, 0.25) is 0 Å². The molecule has 0 saturated carbocycles. The maximum Gasteiger partial charge on any atom is 0.00861 e. The van der Waals surface area contributed by atoms with Crippen molar-refractivity contribution in [2.24, 2.45) is 0 Å². The van der Waals surface area contributed by atoms with Gasteiger partial charge >= 0.3 is 0 Å². The highest BCUT2D eigenvalue weighted by Crippen LogP contribution is 2.20. The van der Waals surface area contributed by atoms with Crippen molar-refractivity contribution in [1.82, 2.24) is 0 Å². The molecular weight excluding hydrogens is 192 g/mol. The summed E-state index contributed by atoms with van der Waals surface area (Å²) in [6.45, 7) is 0. The van der Waals surface area contributed by atoms with Gasteiger partial charge in [0.15, 0.2) is 0 Å². The zero-order valence-corrected chi connectivity index (χ0v) is 9.45. The first-order chi connectivity index (χ1) is 7.92. The van der Waals surface area contributed by atoms with E-state index in [0.29, 0.717) is 0 Å². The van der Waals surface area contributed by atoms with Crippen molar-refractivity contribution in [3.63, 3.8) is 0 Å². The molecule has 0 unspecified atom stereocenters. The maximum absolute atomic E-state index is 5.25. The lowest BCUT2D eigenvalue weighted by Crippen LogP contribution is -1.87. The van der Waals surface area contributed by atoms with Crippen molar-refractivity contribution in [2.75, 3.05) is 0 Å². The Balaban J connectivity index is 2.15. The maximum atomic E-state index is 5.25. The Bertz CT molecular complexity index is 497. The average Bonchev–Trinajstić information content (AvgIpc) is 2.35. The van der Waals surface area contributed by atoms with E-state index in [1.54, 1.807) is 0 Å². The first kappa shape index (κ1) is 10.8. The summed E-state index contributed by atoms with van der Waals surface area (Å²) in [4.78, 5) is 0. The number of hydrogen-bond donors (Lipinski definition) is 0. The monoisotopic (exact) mass is 208 g/mol. The van der Waals surface area contributed by atoms with Crippen LogP contribution in [0.4, 0.5) is 0 Å². The van der Waals surface area contributed by atoms with Gasteiger partial charge in [0, 0.05) is 6.42 Å². The Hall–Kier alpha value is -1.74. The Morgan fingerprint density at radius 1 is 0.938 bits per heavy atom. The molecule has 0 amide bonds. The summed E-state index contributed by atoms with van der Waals surface area (Å²) in [6, 6.07) is 15.1. The van der Waals surface area contributed by atoms with E-state index in [0.717, 1.165) is 19.3 Å². The molecule has 0 radical (unpaired) electrons. The quantitative estimate of drug-likeness (QED) is 0.522. The lowest BCUT2D eigenvalue weighted by Gasteiger charge is -2.05. The van der Waals surface area contributed by atoms with Gasteiger partial charge in [-0.2, -0.15) is 0 Å². The van der Waals surface area contributed by atoms with Gasteiger partial charge in [-0.25, -0.2) is 0 Å². The molecule has 16 heavy (non-hydrogen) atoms. The Morgan fingerprint density at radius 2 is 1.75 bits per heavy atom. The van der Waals surface area contributed by atoms with Crippen LogP contribution in [-0.2, 0) is 6.42 Å². The van der Waals surface area contributed by atoms with Gasteiger partial charge in [-0.05, 0) is 35.6 Å². The summed E-state index contributed by atoms with van der Waals surface area (Å²) in [7, 11) is 0. The third kappa shape index (κ3) is 2.44. The summed E-state index contributed by atoms with van der Waals surface area (Å²) >= 11 is 0. The van der Waals surface area contributed by atoms with Crippen LogP contribution in [0.5, 0.6) is 0 Å². The molecule has 0 spiro atoms. The molecule has 0 saturated heterocycles. The summed E-state index contributed by atoms with van der Waals surface area (Å²) in [5.41, 5.74) is 1.44. The van der Waals surface area contributed by atoms with Gasteiger partial charge in [0.05, 0.1) is 0 Å². The molecule has 0 aliphatic rings. The number of benzene rings is 2. The van der Waals surface area contributed by atoms with Crippen LogP contribution < -0.4 is 0 Å². The standard InChI is InChI=1S/C16H16/c1-2-3-4-5-9-14-11-8-12-15-10-6-7-13-16(14)15/h1,6-8,10-13H,3-5,9H2. The van der Waals surface area contributed by atoms with Gasteiger partial charge in [-0.3, -0.25) is 0 Å². The fourth-order valence-corrected chi connectivity index (χ4v) is 2.05. The zero-order chi connectivity index (χ0) is 11.2. The van der Waals surface area contributed by atoms with E-state index in [9.17, 15) is 0 Å². The van der Waals surface area contributed by atoms with Crippen molar-refractivity contribution in [3.05, 3.63) is 48.0 Å². The van der Waals surface area contributed by atoms with Gasteiger partial charge in [0.1, 0.15) is 0 Å². The molecule has 0 aliphatic heterocycles. The van der Waals surface area contributed by atoms with Crippen LogP contribution in [0.25, 0.3) is 10.8 Å². The lowest BCUT2D eigenvalue weighted by molar-refractivity contribution is 0.760. The van der Waals surface area contributed by atoms with Crippen molar-refractivity contribution < 1.29 is 0 Å². The average molecular weight is 208 g/mol. The highest BCUT2D eigenvalue weighted by molar-refractivity contribution is 5.85. The van der Waals surface area contributed by atoms with Gasteiger partial charge in [0.25, 0.3) is 0 Å². The highest BCUT2D eigenvalue weighted by atomic mass is 14.0. The third-order valence-electron chi connectivity index (χ3n) is 2.90. The van der Waals surface area contributed by atoms with Crippen LogP contribution in [0.1, 0.15) is 24.8 Å². The fourth-order valence-electron chi connectivity index (χ4n) is 2.05. The van der Waals surface area contributed by atoms with Gasteiger partial charge in [-0.1, -0.05) is 42.5 Å². The van der Waals surface area contributed by atoms with Crippen LogP contribution >= 0.6 is 0 Å². The third-order valence-corrected chi connectivity index (χ3v) is 2.90. The van der Waals surface area contributed by atoms with E-state index in [1.807, 2.05) is 0 Å². The van der Waals surface area contributed by atoms with Crippen LogP contribution in [-0.4, -0.2) is 0 Å². The highest BCUT2D eigenvalue weighted by Gasteiger charge is 1.99. The zero-order valence-electron chi connectivity index (χ0n) is 9.45. The lowest BCUT2D eigenvalue weighted by atomic mass is 10.00. The van der Waals surface area contributed by atoms with E-state index < -0.39 is 0 Å². The second kappa shape index (κ2) is 5.37. The predicted octanol–water partition coefficient (Wildman–Crippen LogP) is 4.19. The molecule has 0 fully saturated rings. The van der Waals surface area contributed by atoms with E-state index >= 15 is 0 Å². The normalized spacial score (nSPS) is 10.2. The molecule has 80 valence electrons. The summed E-state index contributed by atoms with van der Waals surface area (Å²) in [6.07, 6.45) is 9.57. The van der Waals surface area contributed by atoms with E-state index in [1.165, 1.54) is 22.8 Å². The number of hydrogen-bond acceptors (Lipinski definition) is 0. The first-order valence-corrected chi connectivity index (χ1v) is 5.82. The molecule has 0 bridgehead atoms. The topological polar surface area (TPSA) is 0 Å². The summed E-state index contributed by atoms with van der Waals surface area (Å²) < 4.78 is 0. The molecule has 0 nitrogen and oxygen atoms in total. The molecule has 0 N–H and O–H groups in total. The predicted molar refractivity (Wildman–Crippen MR) is 70.3 cm³/mol. The van der Waals surface area contributed by atoms with Gasteiger partial charge < -0.3 is 0 Å². The van der Waals surface area contributed by atoms with Crippen molar-refractivity contribution in [1.29, 1.82) is 0 Å². The minimum Gasteiger partial charge on any atom is -0.120 e. The molecule has 0 heteroatoms. The molecule has 0 aromatic heterocycles. The Morgan fingerprint density at radius 3 is 2.62 bits per heavy atom. The molecule has 0 aliphatic carbocycles. The molecule has 2 aromatic carbocycles. The number of rotatable bonds is 4. The minimum absolute atomic E-state index is 0.894. The van der Waals surface area contributed by atoms with Crippen molar-refractivity contribution >= 4 is 10.8 Å². The van der Waals surface area contributed by atoms with Crippen LogP contribution in [0.3, 0.4) is 0 Å². The Kier molecular flexibility index (Phi) is 3.62. The molecule has 0 atom stereocenters. The first-order valence-electron chi connectivity index (χ1n) is 5.82. The van der Waals surface area contributed by atoms with Gasteiger partial charge in [0.2, 0.25) is 0 Å². The molecule has 2 rings (SSSR count). The second-order valence-corrected chi connectivity index (χ2v) is 4.05. The summed E-state index contributed by atoms with van der Waals surface area (Å²) in [5.74, 6) is 2.69. The largest absolute Gasteiger partial charge is 0.120 e.